The molecule has 68 valence electrons. The molecule has 0 spiro atoms. The molecule has 0 amide bonds. The van der Waals surface area contributed by atoms with Gasteiger partial charge in [0.25, 0.3) is 0 Å². The number of rotatable bonds is 5. The molecule has 0 unspecified atom stereocenters. The SMILES string of the molecule is C=C/C=C\C=C(/CC)CN(C)C. The van der Waals surface area contributed by atoms with Crippen LogP contribution in [0.3, 0.4) is 0 Å². The van der Waals surface area contributed by atoms with Crippen molar-refractivity contribution < 1.29 is 0 Å². The van der Waals surface area contributed by atoms with Gasteiger partial charge in [0.05, 0.1) is 0 Å². The molecule has 0 heterocycles. The third-order valence-electron chi connectivity index (χ3n) is 1.55. The number of hydrogen-bond donors (Lipinski definition) is 0. The summed E-state index contributed by atoms with van der Waals surface area (Å²) in [5.41, 5.74) is 1.44. The fourth-order valence-corrected chi connectivity index (χ4v) is 0.959. The molecule has 0 aliphatic heterocycles. The Morgan fingerprint density at radius 3 is 2.42 bits per heavy atom. The molecule has 0 radical (unpaired) electrons. The molecule has 1 heteroatoms. The van der Waals surface area contributed by atoms with E-state index < -0.39 is 0 Å². The molecule has 0 fully saturated rings. The third-order valence-corrected chi connectivity index (χ3v) is 1.55. The van der Waals surface area contributed by atoms with Crippen molar-refractivity contribution in [3.8, 4) is 0 Å². The molecule has 0 N–H and O–H groups in total. The quantitative estimate of drug-likeness (QED) is 0.566. The normalized spacial score (nSPS) is 12.8. The molecule has 0 rings (SSSR count). The number of hydrogen-bond acceptors (Lipinski definition) is 1. The van der Waals surface area contributed by atoms with Crippen molar-refractivity contribution in [1.29, 1.82) is 0 Å². The van der Waals surface area contributed by atoms with Gasteiger partial charge in [0, 0.05) is 6.54 Å². The predicted octanol–water partition coefficient (Wildman–Crippen LogP) is 2.63. The van der Waals surface area contributed by atoms with Gasteiger partial charge in [-0.05, 0) is 20.5 Å². The first-order chi connectivity index (χ1) is 5.70. The molecule has 0 aromatic heterocycles. The van der Waals surface area contributed by atoms with Crippen LogP contribution < -0.4 is 0 Å². The first-order valence-electron chi connectivity index (χ1n) is 4.32. The third kappa shape index (κ3) is 5.93. The first kappa shape index (κ1) is 11.2. The van der Waals surface area contributed by atoms with Crippen molar-refractivity contribution in [1.82, 2.24) is 4.90 Å². The summed E-state index contributed by atoms with van der Waals surface area (Å²) < 4.78 is 0. The lowest BCUT2D eigenvalue weighted by molar-refractivity contribution is 0.441. The van der Waals surface area contributed by atoms with Crippen LogP contribution in [0.5, 0.6) is 0 Å². The Kier molecular flexibility index (Phi) is 6.39. The van der Waals surface area contributed by atoms with E-state index in [1.54, 1.807) is 6.08 Å². The maximum Gasteiger partial charge on any atom is 0.0189 e. The Morgan fingerprint density at radius 2 is 2.00 bits per heavy atom. The smallest absolute Gasteiger partial charge is 0.0189 e. The lowest BCUT2D eigenvalue weighted by Gasteiger charge is -2.10. The van der Waals surface area contributed by atoms with Gasteiger partial charge < -0.3 is 4.90 Å². The van der Waals surface area contributed by atoms with Crippen LogP contribution in [-0.2, 0) is 0 Å². The van der Waals surface area contributed by atoms with Crippen LogP contribution in [0.25, 0.3) is 0 Å². The van der Waals surface area contributed by atoms with Crippen molar-refractivity contribution >= 4 is 0 Å². The van der Waals surface area contributed by atoms with Gasteiger partial charge in [0.2, 0.25) is 0 Å². The highest BCUT2D eigenvalue weighted by Crippen LogP contribution is 2.01. The molecule has 0 atom stereocenters. The van der Waals surface area contributed by atoms with Gasteiger partial charge in [-0.2, -0.15) is 0 Å². The summed E-state index contributed by atoms with van der Waals surface area (Å²) >= 11 is 0. The molecule has 0 bridgehead atoms. The Morgan fingerprint density at radius 1 is 1.33 bits per heavy atom. The second-order valence-electron chi connectivity index (χ2n) is 3.04. The van der Waals surface area contributed by atoms with Crippen LogP contribution in [0.15, 0.2) is 36.5 Å². The molecule has 12 heavy (non-hydrogen) atoms. The lowest BCUT2D eigenvalue weighted by atomic mass is 10.2. The molecule has 1 nitrogen and oxygen atoms in total. The average Bonchev–Trinajstić information content (AvgIpc) is 2.02. The summed E-state index contributed by atoms with van der Waals surface area (Å²) in [5, 5.41) is 0. The molecule has 0 aliphatic carbocycles. The molecular weight excluding hydrogens is 146 g/mol. The van der Waals surface area contributed by atoms with Crippen LogP contribution in [0.1, 0.15) is 13.3 Å². The van der Waals surface area contributed by atoms with Crippen LogP contribution >= 0.6 is 0 Å². The fourth-order valence-electron chi connectivity index (χ4n) is 0.959. The van der Waals surface area contributed by atoms with Gasteiger partial charge in [-0.3, -0.25) is 0 Å². The monoisotopic (exact) mass is 165 g/mol. The van der Waals surface area contributed by atoms with E-state index in [-0.39, 0.29) is 0 Å². The minimum atomic E-state index is 1.04. The minimum Gasteiger partial charge on any atom is -0.305 e. The van der Waals surface area contributed by atoms with E-state index in [0.717, 1.165) is 13.0 Å². The van der Waals surface area contributed by atoms with E-state index >= 15 is 0 Å². The van der Waals surface area contributed by atoms with E-state index in [0.29, 0.717) is 0 Å². The summed E-state index contributed by atoms with van der Waals surface area (Å²) in [5.74, 6) is 0. The Bertz CT molecular complexity index is 175. The van der Waals surface area contributed by atoms with Gasteiger partial charge in [0.1, 0.15) is 0 Å². The van der Waals surface area contributed by atoms with Gasteiger partial charge in [0.15, 0.2) is 0 Å². The fraction of sp³-hybridized carbons (Fsp3) is 0.455. The van der Waals surface area contributed by atoms with Crippen LogP contribution in [0, 0.1) is 0 Å². The van der Waals surface area contributed by atoms with Gasteiger partial charge in [-0.1, -0.05) is 43.4 Å². The number of likely N-dealkylation sites (N-methyl/N-ethyl adjacent to an activating group) is 1. The molecule has 0 aromatic rings. The maximum absolute atomic E-state index is 3.62. The van der Waals surface area contributed by atoms with Crippen LogP contribution in [0.4, 0.5) is 0 Å². The summed E-state index contributed by atoms with van der Waals surface area (Å²) in [6.07, 6.45) is 9.04. The minimum absolute atomic E-state index is 1.04. The topological polar surface area (TPSA) is 3.24 Å². The van der Waals surface area contributed by atoms with Crippen molar-refractivity contribution in [3.63, 3.8) is 0 Å². The average molecular weight is 165 g/mol. The number of nitrogens with zero attached hydrogens (tertiary/aromatic N) is 1. The zero-order valence-electron chi connectivity index (χ0n) is 8.38. The standard InChI is InChI=1S/C11H19N/c1-5-7-8-9-11(6-2)10-12(3)4/h5,7-9H,1,6,10H2,2-4H3/b8-7-,11-9+. The van der Waals surface area contributed by atoms with E-state index in [9.17, 15) is 0 Å². The summed E-state index contributed by atoms with van der Waals surface area (Å²) in [4.78, 5) is 2.18. The van der Waals surface area contributed by atoms with E-state index in [4.69, 9.17) is 0 Å². The lowest BCUT2D eigenvalue weighted by Crippen LogP contribution is -2.14. The highest BCUT2D eigenvalue weighted by atomic mass is 15.0. The second-order valence-corrected chi connectivity index (χ2v) is 3.04. The summed E-state index contributed by atoms with van der Waals surface area (Å²) in [6.45, 7) is 6.84. The molecule has 0 aliphatic rings. The molecule has 0 aromatic carbocycles. The van der Waals surface area contributed by atoms with Gasteiger partial charge in [-0.15, -0.1) is 0 Å². The van der Waals surface area contributed by atoms with Crippen molar-refractivity contribution in [2.75, 3.05) is 20.6 Å². The Hall–Kier alpha value is -0.820. The van der Waals surface area contributed by atoms with E-state index in [1.165, 1.54) is 5.57 Å². The predicted molar refractivity (Wildman–Crippen MR) is 56.3 cm³/mol. The number of allylic oxidation sites excluding steroid dienone is 4. The van der Waals surface area contributed by atoms with E-state index in [1.807, 2.05) is 12.2 Å². The Balaban J connectivity index is 4.03. The Labute approximate surface area is 76.1 Å². The summed E-state index contributed by atoms with van der Waals surface area (Å²) in [6, 6.07) is 0. The zero-order chi connectivity index (χ0) is 9.40. The van der Waals surface area contributed by atoms with Crippen molar-refractivity contribution in [2.45, 2.75) is 13.3 Å². The zero-order valence-corrected chi connectivity index (χ0v) is 8.38. The maximum atomic E-state index is 3.62. The largest absolute Gasteiger partial charge is 0.305 e. The van der Waals surface area contributed by atoms with Crippen LogP contribution in [0.2, 0.25) is 0 Å². The van der Waals surface area contributed by atoms with Gasteiger partial charge >= 0.3 is 0 Å². The van der Waals surface area contributed by atoms with Crippen molar-refractivity contribution in [2.24, 2.45) is 0 Å². The first-order valence-corrected chi connectivity index (χ1v) is 4.32. The highest BCUT2D eigenvalue weighted by Gasteiger charge is 1.93. The molecule has 0 saturated carbocycles. The summed E-state index contributed by atoms with van der Waals surface area (Å²) in [7, 11) is 4.17. The molecule has 0 saturated heterocycles. The van der Waals surface area contributed by atoms with Gasteiger partial charge in [-0.25, -0.2) is 0 Å². The molecular formula is C11H19N. The van der Waals surface area contributed by atoms with Crippen molar-refractivity contribution in [3.05, 3.63) is 36.5 Å². The highest BCUT2D eigenvalue weighted by molar-refractivity contribution is 5.16. The second kappa shape index (κ2) is 6.86. The van der Waals surface area contributed by atoms with E-state index in [2.05, 4.69) is 38.6 Å². The van der Waals surface area contributed by atoms with Crippen LogP contribution in [-0.4, -0.2) is 25.5 Å².